The van der Waals surface area contributed by atoms with E-state index in [4.69, 9.17) is 10.8 Å². The van der Waals surface area contributed by atoms with E-state index in [2.05, 4.69) is 5.10 Å². The van der Waals surface area contributed by atoms with Crippen molar-refractivity contribution in [3.05, 3.63) is 12.4 Å². The highest BCUT2D eigenvalue weighted by molar-refractivity contribution is 7.89. The van der Waals surface area contributed by atoms with Crippen molar-refractivity contribution in [2.75, 3.05) is 6.54 Å². The van der Waals surface area contributed by atoms with Crippen LogP contribution in [0.1, 0.15) is 0 Å². The van der Waals surface area contributed by atoms with E-state index < -0.39 is 35.0 Å². The number of nitrogens with one attached hydrogen (secondary N) is 1. The lowest BCUT2D eigenvalue weighted by Gasteiger charge is -2.00. The molecular weight excluding hydrogens is 252 g/mol. The Balaban J connectivity index is 2.81. The number of carbonyl (C=O) groups is 2. The monoisotopic (exact) mass is 262 g/mol. The van der Waals surface area contributed by atoms with E-state index in [1.54, 1.807) is 0 Å². The van der Waals surface area contributed by atoms with Gasteiger partial charge in [0.15, 0.2) is 0 Å². The zero-order chi connectivity index (χ0) is 13.1. The zero-order valence-corrected chi connectivity index (χ0v) is 9.35. The van der Waals surface area contributed by atoms with E-state index in [1.807, 2.05) is 4.72 Å². The van der Waals surface area contributed by atoms with Crippen molar-refractivity contribution in [3.63, 3.8) is 0 Å². The molecule has 17 heavy (non-hydrogen) atoms. The average Bonchev–Trinajstić information content (AvgIpc) is 2.63. The van der Waals surface area contributed by atoms with Crippen LogP contribution in [0.25, 0.3) is 0 Å². The fourth-order valence-electron chi connectivity index (χ4n) is 0.958. The van der Waals surface area contributed by atoms with E-state index in [9.17, 15) is 18.0 Å². The summed E-state index contributed by atoms with van der Waals surface area (Å²) in [6.07, 6.45) is 2.02. The van der Waals surface area contributed by atoms with Gasteiger partial charge in [-0.3, -0.25) is 14.3 Å². The third kappa shape index (κ3) is 3.85. The van der Waals surface area contributed by atoms with Gasteiger partial charge in [0, 0.05) is 6.20 Å². The predicted octanol–water partition coefficient (Wildman–Crippen LogP) is -2.27. The summed E-state index contributed by atoms with van der Waals surface area (Å²) in [5.41, 5.74) is 4.78. The van der Waals surface area contributed by atoms with Crippen LogP contribution in [0.3, 0.4) is 0 Å². The Morgan fingerprint density at radius 2 is 2.18 bits per heavy atom. The summed E-state index contributed by atoms with van der Waals surface area (Å²) in [4.78, 5) is 20.5. The Labute approximate surface area is 96.3 Å². The van der Waals surface area contributed by atoms with Crippen LogP contribution in [0.2, 0.25) is 0 Å². The average molecular weight is 262 g/mol. The molecule has 0 aliphatic heterocycles. The smallest absolute Gasteiger partial charge is 0.325 e. The van der Waals surface area contributed by atoms with Gasteiger partial charge in [-0.1, -0.05) is 0 Å². The van der Waals surface area contributed by atoms with Crippen LogP contribution in [-0.2, 0) is 26.2 Å². The van der Waals surface area contributed by atoms with Crippen molar-refractivity contribution in [1.29, 1.82) is 0 Å². The van der Waals surface area contributed by atoms with Crippen LogP contribution in [0.5, 0.6) is 0 Å². The second kappa shape index (κ2) is 4.93. The van der Waals surface area contributed by atoms with Crippen molar-refractivity contribution in [3.8, 4) is 0 Å². The number of nitrogens with two attached hydrogens (primary N) is 1. The van der Waals surface area contributed by atoms with Gasteiger partial charge in [-0.2, -0.15) is 5.10 Å². The Bertz CT molecular complexity index is 534. The maximum Gasteiger partial charge on any atom is 0.325 e. The second-order valence-electron chi connectivity index (χ2n) is 3.06. The lowest BCUT2D eigenvalue weighted by atomic mass is 10.6. The van der Waals surface area contributed by atoms with Crippen LogP contribution in [-0.4, -0.2) is 41.7 Å². The van der Waals surface area contributed by atoms with Gasteiger partial charge in [-0.05, 0) is 0 Å². The number of nitrogens with zero attached hydrogens (tertiary/aromatic N) is 2. The van der Waals surface area contributed by atoms with Gasteiger partial charge in [0.05, 0.1) is 12.7 Å². The van der Waals surface area contributed by atoms with Gasteiger partial charge >= 0.3 is 5.97 Å². The minimum atomic E-state index is -3.90. The van der Waals surface area contributed by atoms with Crippen molar-refractivity contribution in [2.45, 2.75) is 11.4 Å². The molecule has 1 heterocycles. The number of primary amides is 1. The van der Waals surface area contributed by atoms with Gasteiger partial charge in [0.25, 0.3) is 0 Å². The fourth-order valence-corrected chi connectivity index (χ4v) is 1.90. The van der Waals surface area contributed by atoms with E-state index in [0.29, 0.717) is 0 Å². The molecule has 1 rings (SSSR count). The zero-order valence-electron chi connectivity index (χ0n) is 8.53. The number of carboxylic acids is 1. The fraction of sp³-hybridized carbons (Fsp3) is 0.286. The van der Waals surface area contributed by atoms with Crippen molar-refractivity contribution < 1.29 is 23.1 Å². The molecule has 0 spiro atoms. The van der Waals surface area contributed by atoms with Crippen molar-refractivity contribution in [1.82, 2.24) is 14.5 Å². The maximum absolute atomic E-state index is 11.5. The minimum absolute atomic E-state index is 0.236. The first-order valence-corrected chi connectivity index (χ1v) is 5.82. The number of hydrogen-bond donors (Lipinski definition) is 3. The molecule has 0 aliphatic carbocycles. The minimum Gasteiger partial charge on any atom is -0.480 e. The molecule has 0 radical (unpaired) electrons. The molecule has 94 valence electrons. The van der Waals surface area contributed by atoms with E-state index in [-0.39, 0.29) is 4.90 Å². The Hall–Kier alpha value is -1.94. The number of carbonyl (C=O) groups excluding carboxylic acids is 1. The third-order valence-corrected chi connectivity index (χ3v) is 3.01. The number of carboxylic acid groups (broad SMARTS) is 1. The molecule has 0 bridgehead atoms. The molecule has 10 heteroatoms. The van der Waals surface area contributed by atoms with Gasteiger partial charge in [-0.15, -0.1) is 0 Å². The summed E-state index contributed by atoms with van der Waals surface area (Å²) in [6.45, 7) is -0.988. The summed E-state index contributed by atoms with van der Waals surface area (Å²) < 4.78 is 25.9. The summed E-state index contributed by atoms with van der Waals surface area (Å²) in [5.74, 6) is -1.98. The van der Waals surface area contributed by atoms with Crippen LogP contribution in [0.4, 0.5) is 0 Å². The molecule has 9 nitrogen and oxygen atoms in total. The molecule has 4 N–H and O–H groups in total. The first kappa shape index (κ1) is 13.1. The highest BCUT2D eigenvalue weighted by Gasteiger charge is 2.17. The Morgan fingerprint density at radius 3 is 2.71 bits per heavy atom. The predicted molar refractivity (Wildman–Crippen MR) is 54.2 cm³/mol. The molecule has 1 amide bonds. The van der Waals surface area contributed by atoms with Gasteiger partial charge in [0.1, 0.15) is 11.4 Å². The summed E-state index contributed by atoms with van der Waals surface area (Å²) in [6, 6.07) is 0. The Kier molecular flexibility index (Phi) is 3.81. The SMILES string of the molecule is NC(=O)CNS(=O)(=O)c1cnn(CC(=O)O)c1. The summed E-state index contributed by atoms with van der Waals surface area (Å²) >= 11 is 0. The molecule has 0 aromatic carbocycles. The number of hydrogen-bond acceptors (Lipinski definition) is 5. The molecule has 0 atom stereocenters. The lowest BCUT2D eigenvalue weighted by molar-refractivity contribution is -0.137. The van der Waals surface area contributed by atoms with Crippen LogP contribution in [0, 0.1) is 0 Å². The molecule has 1 aromatic heterocycles. The number of amides is 1. The molecular formula is C7H10N4O5S. The van der Waals surface area contributed by atoms with Gasteiger partial charge < -0.3 is 10.8 Å². The molecule has 0 aliphatic rings. The van der Waals surface area contributed by atoms with Crippen LogP contribution in [0.15, 0.2) is 17.3 Å². The van der Waals surface area contributed by atoms with Gasteiger partial charge in [0.2, 0.25) is 15.9 Å². The molecule has 0 unspecified atom stereocenters. The molecule has 0 saturated heterocycles. The Morgan fingerprint density at radius 1 is 1.53 bits per heavy atom. The van der Waals surface area contributed by atoms with E-state index >= 15 is 0 Å². The van der Waals surface area contributed by atoms with Crippen molar-refractivity contribution in [2.24, 2.45) is 5.73 Å². The maximum atomic E-state index is 11.5. The molecule has 0 fully saturated rings. The van der Waals surface area contributed by atoms with E-state index in [1.165, 1.54) is 0 Å². The van der Waals surface area contributed by atoms with Crippen LogP contribution < -0.4 is 10.5 Å². The number of sulfonamides is 1. The number of aliphatic carboxylic acids is 1. The van der Waals surface area contributed by atoms with Crippen LogP contribution >= 0.6 is 0 Å². The molecule has 1 aromatic rings. The third-order valence-electron chi connectivity index (χ3n) is 1.65. The quantitative estimate of drug-likeness (QED) is 0.527. The van der Waals surface area contributed by atoms with Gasteiger partial charge in [-0.25, -0.2) is 13.1 Å². The highest BCUT2D eigenvalue weighted by atomic mass is 32.2. The highest BCUT2D eigenvalue weighted by Crippen LogP contribution is 2.06. The van der Waals surface area contributed by atoms with Crippen molar-refractivity contribution >= 4 is 21.9 Å². The summed E-state index contributed by atoms with van der Waals surface area (Å²) in [7, 11) is -3.90. The second-order valence-corrected chi connectivity index (χ2v) is 4.83. The largest absolute Gasteiger partial charge is 0.480 e. The van der Waals surface area contributed by atoms with E-state index in [0.717, 1.165) is 17.1 Å². The first-order valence-electron chi connectivity index (χ1n) is 4.33. The normalized spacial score (nSPS) is 11.3. The standard InChI is InChI=1S/C7H10N4O5S/c8-6(12)2-10-17(15,16)5-1-9-11(3-5)4-7(13)14/h1,3,10H,2,4H2,(H2,8,12)(H,13,14). The number of aromatic nitrogens is 2. The molecule has 0 saturated carbocycles. The lowest BCUT2D eigenvalue weighted by Crippen LogP contribution is -2.33. The number of rotatable bonds is 6. The topological polar surface area (TPSA) is 144 Å². The first-order chi connectivity index (χ1) is 7.81. The summed E-state index contributed by atoms with van der Waals surface area (Å²) in [5, 5.41) is 12.0.